The highest BCUT2D eigenvalue weighted by atomic mass is 32.2. The summed E-state index contributed by atoms with van der Waals surface area (Å²) >= 11 is 0.964. The summed E-state index contributed by atoms with van der Waals surface area (Å²) in [5, 5.41) is 0.727. The second-order valence-electron chi connectivity index (χ2n) is 6.14. The van der Waals surface area contributed by atoms with Gasteiger partial charge in [-0.15, -0.1) is 0 Å². The van der Waals surface area contributed by atoms with Crippen LogP contribution in [0.15, 0.2) is 88.8 Å². The topological polar surface area (TPSA) is 52.0 Å². The van der Waals surface area contributed by atoms with Gasteiger partial charge in [-0.1, -0.05) is 60.2 Å². The Labute approximate surface area is 160 Å². The molecule has 0 saturated carbocycles. The molecule has 0 spiro atoms. The number of carbonyl (C=O) groups is 1. The Morgan fingerprint density at radius 3 is 2.30 bits per heavy atom. The first-order valence-electron chi connectivity index (χ1n) is 8.49. The molecule has 0 fully saturated rings. The summed E-state index contributed by atoms with van der Waals surface area (Å²) < 4.78 is 1.51. The number of para-hydroxylation sites is 1. The minimum atomic E-state index is -0.187. The zero-order valence-electron chi connectivity index (χ0n) is 14.6. The lowest BCUT2D eigenvalue weighted by atomic mass is 10.2. The maximum absolute atomic E-state index is 13.2. The number of benzene rings is 3. The fourth-order valence-electron chi connectivity index (χ4n) is 2.82. The molecule has 27 heavy (non-hydrogen) atoms. The van der Waals surface area contributed by atoms with Gasteiger partial charge in [0.05, 0.1) is 16.6 Å². The lowest BCUT2D eigenvalue weighted by Crippen LogP contribution is -2.22. The van der Waals surface area contributed by atoms with Gasteiger partial charge in [-0.25, -0.2) is 4.98 Å². The quantitative estimate of drug-likeness (QED) is 0.389. The van der Waals surface area contributed by atoms with Gasteiger partial charge < -0.3 is 0 Å². The molecule has 0 N–H and O–H groups in total. The average molecular weight is 372 g/mol. The summed E-state index contributed by atoms with van der Waals surface area (Å²) in [6, 6.07) is 23.8. The molecule has 0 aliphatic heterocycles. The summed E-state index contributed by atoms with van der Waals surface area (Å²) in [5.74, 6) is 0. The van der Waals surface area contributed by atoms with Crippen molar-refractivity contribution in [2.75, 3.05) is 0 Å². The van der Waals surface area contributed by atoms with Crippen molar-refractivity contribution in [3.05, 3.63) is 100 Å². The van der Waals surface area contributed by atoms with Crippen LogP contribution in [0.25, 0.3) is 16.6 Å². The predicted molar refractivity (Wildman–Crippen MR) is 109 cm³/mol. The molecule has 3 aromatic carbocycles. The first kappa shape index (κ1) is 17.2. The number of nitrogens with zero attached hydrogens (tertiary/aromatic N) is 2. The third-order valence-corrected chi connectivity index (χ3v) is 5.11. The average Bonchev–Trinajstić information content (AvgIpc) is 2.70. The van der Waals surface area contributed by atoms with Gasteiger partial charge in [0.2, 0.25) is 5.12 Å². The van der Waals surface area contributed by atoms with E-state index in [1.165, 1.54) is 4.57 Å². The van der Waals surface area contributed by atoms with Gasteiger partial charge in [0.25, 0.3) is 5.56 Å². The van der Waals surface area contributed by atoms with Crippen LogP contribution in [0.1, 0.15) is 15.9 Å². The van der Waals surface area contributed by atoms with Crippen LogP contribution >= 0.6 is 11.8 Å². The monoisotopic (exact) mass is 372 g/mol. The summed E-state index contributed by atoms with van der Waals surface area (Å²) in [6.07, 6.45) is 0. The van der Waals surface area contributed by atoms with Crippen LogP contribution in [0.5, 0.6) is 0 Å². The molecule has 0 bridgehead atoms. The van der Waals surface area contributed by atoms with E-state index in [0.717, 1.165) is 17.3 Å². The molecule has 0 saturated heterocycles. The van der Waals surface area contributed by atoms with Gasteiger partial charge in [0.15, 0.2) is 5.16 Å². The molecule has 4 aromatic rings. The number of fused-ring (bicyclic) bond motifs is 1. The van der Waals surface area contributed by atoms with E-state index in [4.69, 9.17) is 0 Å². The van der Waals surface area contributed by atoms with E-state index >= 15 is 0 Å². The summed E-state index contributed by atoms with van der Waals surface area (Å²) in [7, 11) is 0. The van der Waals surface area contributed by atoms with E-state index in [-0.39, 0.29) is 10.7 Å². The first-order chi connectivity index (χ1) is 13.1. The number of carbonyl (C=O) groups excluding carboxylic acids is 1. The highest BCUT2D eigenvalue weighted by Crippen LogP contribution is 2.24. The van der Waals surface area contributed by atoms with Crippen LogP contribution in [0, 0.1) is 6.92 Å². The van der Waals surface area contributed by atoms with Crippen molar-refractivity contribution in [3.63, 3.8) is 0 Å². The van der Waals surface area contributed by atoms with Crippen LogP contribution in [-0.2, 0) is 0 Å². The molecule has 4 rings (SSSR count). The van der Waals surface area contributed by atoms with E-state index in [1.807, 2.05) is 61.5 Å². The van der Waals surface area contributed by atoms with Crippen molar-refractivity contribution in [1.82, 2.24) is 9.55 Å². The van der Waals surface area contributed by atoms with E-state index in [2.05, 4.69) is 4.98 Å². The number of aromatic nitrogens is 2. The molecule has 0 amide bonds. The highest BCUT2D eigenvalue weighted by molar-refractivity contribution is 8.14. The van der Waals surface area contributed by atoms with Crippen LogP contribution in [0.4, 0.5) is 0 Å². The zero-order chi connectivity index (χ0) is 18.8. The Morgan fingerprint density at radius 2 is 1.56 bits per heavy atom. The third kappa shape index (κ3) is 3.41. The van der Waals surface area contributed by atoms with Crippen molar-refractivity contribution in [2.24, 2.45) is 0 Å². The summed E-state index contributed by atoms with van der Waals surface area (Å²) in [5.41, 5.74) is 2.74. The lowest BCUT2D eigenvalue weighted by molar-refractivity contribution is 0.108. The van der Waals surface area contributed by atoms with Crippen LogP contribution in [-0.4, -0.2) is 14.7 Å². The second kappa shape index (κ2) is 7.21. The maximum Gasteiger partial charge on any atom is 0.266 e. The summed E-state index contributed by atoms with van der Waals surface area (Å²) in [6.45, 7) is 1.99. The number of hydrogen-bond donors (Lipinski definition) is 0. The molecule has 1 aromatic heterocycles. The number of aryl methyl sites for hydroxylation is 1. The smallest absolute Gasteiger partial charge is 0.266 e. The molecule has 0 atom stereocenters. The van der Waals surface area contributed by atoms with Crippen LogP contribution in [0.2, 0.25) is 0 Å². The van der Waals surface area contributed by atoms with Crippen molar-refractivity contribution < 1.29 is 4.79 Å². The molecule has 0 aliphatic rings. The number of hydrogen-bond acceptors (Lipinski definition) is 4. The summed E-state index contributed by atoms with van der Waals surface area (Å²) in [4.78, 5) is 30.5. The molecule has 4 nitrogen and oxygen atoms in total. The van der Waals surface area contributed by atoms with Gasteiger partial charge in [0.1, 0.15) is 0 Å². The molecular weight excluding hydrogens is 356 g/mol. The Bertz CT molecular complexity index is 1180. The van der Waals surface area contributed by atoms with Gasteiger partial charge in [-0.05, 0) is 43.0 Å². The fourth-order valence-corrected chi connectivity index (χ4v) is 3.66. The van der Waals surface area contributed by atoms with Crippen LogP contribution in [0.3, 0.4) is 0 Å². The molecule has 0 unspecified atom stereocenters. The predicted octanol–water partition coefficient (Wildman–Crippen LogP) is 4.63. The second-order valence-corrected chi connectivity index (χ2v) is 7.08. The molecular formula is C22H16N2O2S. The first-order valence-corrected chi connectivity index (χ1v) is 9.31. The molecule has 132 valence electrons. The molecule has 0 aliphatic carbocycles. The molecule has 0 radical (unpaired) electrons. The standard InChI is InChI=1S/C22H16N2O2S/c1-15-11-13-17(14-12-15)24-20(25)18-9-5-6-10-19(18)23-22(24)27-21(26)16-7-3-2-4-8-16/h2-14H,1H3. The number of thioether (sulfide) groups is 1. The molecule has 5 heteroatoms. The Kier molecular flexibility index (Phi) is 4.60. The largest absolute Gasteiger partial charge is 0.281 e. The Hall–Kier alpha value is -3.18. The van der Waals surface area contributed by atoms with Gasteiger partial charge in [-0.2, -0.15) is 0 Å². The number of rotatable bonds is 3. The van der Waals surface area contributed by atoms with Crippen LogP contribution < -0.4 is 5.56 Å². The van der Waals surface area contributed by atoms with E-state index in [9.17, 15) is 9.59 Å². The lowest BCUT2D eigenvalue weighted by Gasteiger charge is -2.13. The van der Waals surface area contributed by atoms with E-state index < -0.39 is 0 Å². The minimum absolute atomic E-state index is 0.154. The van der Waals surface area contributed by atoms with E-state index in [1.54, 1.807) is 24.3 Å². The Morgan fingerprint density at radius 1 is 0.889 bits per heavy atom. The SMILES string of the molecule is Cc1ccc(-n2c(SC(=O)c3ccccc3)nc3ccccc3c2=O)cc1. The van der Waals surface area contributed by atoms with Crippen molar-refractivity contribution >= 4 is 27.8 Å². The zero-order valence-corrected chi connectivity index (χ0v) is 15.4. The highest BCUT2D eigenvalue weighted by Gasteiger charge is 2.17. The van der Waals surface area contributed by atoms with E-state index in [0.29, 0.717) is 27.3 Å². The minimum Gasteiger partial charge on any atom is -0.281 e. The van der Waals surface area contributed by atoms with Crippen molar-refractivity contribution in [1.29, 1.82) is 0 Å². The fraction of sp³-hybridized carbons (Fsp3) is 0.0455. The van der Waals surface area contributed by atoms with Crippen molar-refractivity contribution in [3.8, 4) is 5.69 Å². The Balaban J connectivity index is 1.90. The maximum atomic E-state index is 13.2. The normalized spacial score (nSPS) is 10.9. The van der Waals surface area contributed by atoms with Gasteiger partial charge >= 0.3 is 0 Å². The molecule has 1 heterocycles. The third-order valence-electron chi connectivity index (χ3n) is 4.23. The van der Waals surface area contributed by atoms with Gasteiger partial charge in [-0.3, -0.25) is 14.2 Å². The van der Waals surface area contributed by atoms with Crippen molar-refractivity contribution in [2.45, 2.75) is 12.1 Å². The van der Waals surface area contributed by atoms with Gasteiger partial charge in [0, 0.05) is 5.56 Å².